The van der Waals surface area contributed by atoms with Gasteiger partial charge in [0.05, 0.1) is 24.4 Å². The molecule has 1 fully saturated rings. The first kappa shape index (κ1) is 22.1. The zero-order valence-electron chi connectivity index (χ0n) is 18.0. The van der Waals surface area contributed by atoms with Crippen molar-refractivity contribution < 1.29 is 28.2 Å². The van der Waals surface area contributed by atoms with Crippen molar-refractivity contribution in [2.45, 2.75) is 19.5 Å². The Hall–Kier alpha value is -4.13. The highest BCUT2D eigenvalue weighted by atomic mass is 19.1. The van der Waals surface area contributed by atoms with Gasteiger partial charge in [0, 0.05) is 5.56 Å². The fourth-order valence-corrected chi connectivity index (χ4v) is 3.76. The molecule has 1 atom stereocenters. The number of amides is 1. The lowest BCUT2D eigenvalue weighted by Gasteiger charge is -2.24. The van der Waals surface area contributed by atoms with E-state index in [0.29, 0.717) is 29.2 Å². The van der Waals surface area contributed by atoms with Crippen LogP contribution in [0.2, 0.25) is 0 Å². The van der Waals surface area contributed by atoms with Gasteiger partial charge in [-0.1, -0.05) is 36.9 Å². The third kappa shape index (κ3) is 4.30. The average molecular weight is 447 g/mol. The van der Waals surface area contributed by atoms with E-state index < -0.39 is 29.3 Å². The van der Waals surface area contributed by atoms with Crippen molar-refractivity contribution in [2.24, 2.45) is 0 Å². The number of aliphatic hydroxyl groups excluding tert-OH is 1. The molecule has 33 heavy (non-hydrogen) atoms. The number of hydrogen-bond acceptors (Lipinski definition) is 5. The first-order valence-electron chi connectivity index (χ1n) is 10.3. The van der Waals surface area contributed by atoms with E-state index in [9.17, 15) is 19.1 Å². The number of carbonyl (C=O) groups is 2. The Kier molecular flexibility index (Phi) is 6.13. The molecule has 3 aromatic rings. The van der Waals surface area contributed by atoms with Gasteiger partial charge in [-0.3, -0.25) is 9.59 Å². The molecule has 2 aromatic carbocycles. The van der Waals surface area contributed by atoms with Crippen molar-refractivity contribution in [1.29, 1.82) is 0 Å². The van der Waals surface area contributed by atoms with Crippen LogP contribution in [0, 0.1) is 12.7 Å². The first-order chi connectivity index (χ1) is 15.9. The Morgan fingerprint density at radius 1 is 1.21 bits per heavy atom. The van der Waals surface area contributed by atoms with Crippen molar-refractivity contribution in [2.75, 3.05) is 6.61 Å². The van der Waals surface area contributed by atoms with Gasteiger partial charge in [0.15, 0.2) is 0 Å². The van der Waals surface area contributed by atoms with Gasteiger partial charge < -0.3 is 19.2 Å². The van der Waals surface area contributed by atoms with Crippen LogP contribution in [-0.2, 0) is 16.1 Å². The molecular weight excluding hydrogens is 425 g/mol. The van der Waals surface area contributed by atoms with E-state index >= 15 is 0 Å². The molecule has 1 aromatic heterocycles. The van der Waals surface area contributed by atoms with Gasteiger partial charge >= 0.3 is 0 Å². The number of aryl methyl sites for hydroxylation is 1. The number of furan rings is 1. The summed E-state index contributed by atoms with van der Waals surface area (Å²) >= 11 is 0. The number of hydrogen-bond donors (Lipinski definition) is 1. The summed E-state index contributed by atoms with van der Waals surface area (Å²) in [5.74, 6) is -1.53. The summed E-state index contributed by atoms with van der Waals surface area (Å²) in [7, 11) is 0. The van der Waals surface area contributed by atoms with Crippen LogP contribution >= 0.6 is 0 Å². The van der Waals surface area contributed by atoms with E-state index in [4.69, 9.17) is 9.15 Å². The molecule has 2 heterocycles. The zero-order chi connectivity index (χ0) is 23.5. The standard InChI is InChI=1S/C26H22FNO5/c1-3-12-32-19-10-8-17(9-11-19)23-22(24(29)18-7-6-16(2)21(27)14-18)25(30)26(31)28(23)15-20-5-4-13-33-20/h3-11,13-14,23,29H,1,12,15H2,2H3. The Labute approximate surface area is 190 Å². The normalized spacial score (nSPS) is 17.4. The number of ketones is 1. The van der Waals surface area contributed by atoms with Crippen molar-refractivity contribution in [3.63, 3.8) is 0 Å². The second-order valence-corrected chi connectivity index (χ2v) is 7.64. The quantitative estimate of drug-likeness (QED) is 0.241. The summed E-state index contributed by atoms with van der Waals surface area (Å²) in [5.41, 5.74) is 0.983. The topological polar surface area (TPSA) is 80.0 Å². The van der Waals surface area contributed by atoms with Crippen LogP contribution in [0.3, 0.4) is 0 Å². The Morgan fingerprint density at radius 2 is 1.97 bits per heavy atom. The number of likely N-dealkylation sites (tertiary alicyclic amines) is 1. The number of ether oxygens (including phenoxy) is 1. The average Bonchev–Trinajstić information content (AvgIpc) is 3.42. The molecule has 1 aliphatic rings. The van der Waals surface area contributed by atoms with E-state index in [2.05, 4.69) is 6.58 Å². The molecule has 7 heteroatoms. The lowest BCUT2D eigenvalue weighted by atomic mass is 9.95. The highest BCUT2D eigenvalue weighted by Gasteiger charge is 2.46. The van der Waals surface area contributed by atoms with Crippen LogP contribution < -0.4 is 4.74 Å². The van der Waals surface area contributed by atoms with E-state index in [1.54, 1.807) is 49.4 Å². The van der Waals surface area contributed by atoms with Crippen LogP contribution in [0.4, 0.5) is 4.39 Å². The second kappa shape index (κ2) is 9.16. The number of benzene rings is 2. The predicted octanol–water partition coefficient (Wildman–Crippen LogP) is 4.91. The summed E-state index contributed by atoms with van der Waals surface area (Å²) in [6, 6.07) is 13.5. The lowest BCUT2D eigenvalue weighted by Crippen LogP contribution is -2.29. The van der Waals surface area contributed by atoms with Gasteiger partial charge in [-0.15, -0.1) is 0 Å². The minimum Gasteiger partial charge on any atom is -0.507 e. The molecule has 4 rings (SSSR count). The molecule has 1 amide bonds. The minimum absolute atomic E-state index is 0.0238. The third-order valence-corrected chi connectivity index (χ3v) is 5.46. The number of aliphatic hydroxyl groups is 1. The van der Waals surface area contributed by atoms with Crippen LogP contribution in [-0.4, -0.2) is 28.3 Å². The number of Topliss-reactive ketones (excluding diaryl/α,β-unsaturated/α-hetero) is 1. The molecular formula is C26H22FNO5. The summed E-state index contributed by atoms with van der Waals surface area (Å²) < 4.78 is 25.1. The maximum Gasteiger partial charge on any atom is 0.296 e. The monoisotopic (exact) mass is 447 g/mol. The number of carbonyl (C=O) groups excluding carboxylic acids is 2. The molecule has 1 saturated heterocycles. The predicted molar refractivity (Wildman–Crippen MR) is 120 cm³/mol. The van der Waals surface area contributed by atoms with Gasteiger partial charge in [-0.25, -0.2) is 4.39 Å². The molecule has 1 aliphatic heterocycles. The van der Waals surface area contributed by atoms with E-state index in [0.717, 1.165) is 6.07 Å². The van der Waals surface area contributed by atoms with Gasteiger partial charge in [0.2, 0.25) is 0 Å². The van der Waals surface area contributed by atoms with Crippen LogP contribution in [0.5, 0.6) is 5.75 Å². The summed E-state index contributed by atoms with van der Waals surface area (Å²) in [4.78, 5) is 27.3. The summed E-state index contributed by atoms with van der Waals surface area (Å²) in [5, 5.41) is 11.0. The molecule has 0 saturated carbocycles. The van der Waals surface area contributed by atoms with E-state index in [1.807, 2.05) is 0 Å². The van der Waals surface area contributed by atoms with Crippen LogP contribution in [0.1, 0.15) is 28.5 Å². The van der Waals surface area contributed by atoms with Crippen LogP contribution in [0.25, 0.3) is 5.76 Å². The van der Waals surface area contributed by atoms with Gasteiger partial charge in [-0.2, -0.15) is 0 Å². The fourth-order valence-electron chi connectivity index (χ4n) is 3.76. The Bertz CT molecular complexity index is 1230. The molecule has 1 unspecified atom stereocenters. The highest BCUT2D eigenvalue weighted by Crippen LogP contribution is 2.40. The van der Waals surface area contributed by atoms with Crippen molar-refractivity contribution in [3.8, 4) is 5.75 Å². The molecule has 0 radical (unpaired) electrons. The van der Waals surface area contributed by atoms with Gasteiger partial charge in [-0.05, 0) is 48.4 Å². The third-order valence-electron chi connectivity index (χ3n) is 5.46. The fraction of sp³-hybridized carbons (Fsp3) is 0.154. The van der Waals surface area contributed by atoms with E-state index in [-0.39, 0.29) is 17.7 Å². The Morgan fingerprint density at radius 3 is 2.61 bits per heavy atom. The smallest absolute Gasteiger partial charge is 0.296 e. The van der Waals surface area contributed by atoms with Gasteiger partial charge in [0.25, 0.3) is 11.7 Å². The zero-order valence-corrected chi connectivity index (χ0v) is 18.0. The maximum absolute atomic E-state index is 14.2. The lowest BCUT2D eigenvalue weighted by molar-refractivity contribution is -0.140. The highest BCUT2D eigenvalue weighted by molar-refractivity contribution is 6.46. The number of halogens is 1. The minimum atomic E-state index is -0.895. The first-order valence-corrected chi connectivity index (χ1v) is 10.3. The summed E-state index contributed by atoms with van der Waals surface area (Å²) in [6.07, 6.45) is 3.09. The van der Waals surface area contributed by atoms with Crippen LogP contribution in [0.15, 0.2) is 83.5 Å². The number of rotatable bonds is 7. The van der Waals surface area contributed by atoms with Crippen molar-refractivity contribution in [1.82, 2.24) is 4.90 Å². The van der Waals surface area contributed by atoms with Gasteiger partial charge in [0.1, 0.15) is 29.7 Å². The molecule has 168 valence electrons. The molecule has 6 nitrogen and oxygen atoms in total. The number of nitrogens with zero attached hydrogens (tertiary/aromatic N) is 1. The van der Waals surface area contributed by atoms with E-state index in [1.165, 1.54) is 23.3 Å². The second-order valence-electron chi connectivity index (χ2n) is 7.64. The van der Waals surface area contributed by atoms with Crippen molar-refractivity contribution in [3.05, 3.63) is 107 Å². The molecule has 0 bridgehead atoms. The maximum atomic E-state index is 14.2. The molecule has 1 N–H and O–H groups in total. The summed E-state index contributed by atoms with van der Waals surface area (Å²) in [6.45, 7) is 5.56. The molecule has 0 spiro atoms. The largest absolute Gasteiger partial charge is 0.507 e. The Balaban J connectivity index is 1.82. The molecule has 0 aliphatic carbocycles. The van der Waals surface area contributed by atoms with Crippen molar-refractivity contribution >= 4 is 17.4 Å². The SMILES string of the molecule is C=CCOc1ccc(C2C(=C(O)c3ccc(C)c(F)c3)C(=O)C(=O)N2Cc2ccco2)cc1.